The lowest BCUT2D eigenvalue weighted by Gasteiger charge is -2.42. The van der Waals surface area contributed by atoms with Crippen LogP contribution in [0.2, 0.25) is 0 Å². The monoisotopic (exact) mass is 574 g/mol. The van der Waals surface area contributed by atoms with Crippen molar-refractivity contribution < 1.29 is 0 Å². The van der Waals surface area contributed by atoms with Crippen LogP contribution in [-0.4, -0.2) is 70.4 Å². The first kappa shape index (κ1) is 31.2. The van der Waals surface area contributed by atoms with Gasteiger partial charge in [0.25, 0.3) is 0 Å². The van der Waals surface area contributed by atoms with E-state index < -0.39 is 0 Å². The Morgan fingerprint density at radius 2 is 0.721 bits per heavy atom. The quantitative estimate of drug-likeness (QED) is 0.221. The summed E-state index contributed by atoms with van der Waals surface area (Å²) in [6.45, 7) is 16.4. The van der Waals surface area contributed by atoms with E-state index in [1.54, 1.807) is 0 Å². The Labute approximate surface area is 260 Å². The van der Waals surface area contributed by atoms with Crippen molar-refractivity contribution in [1.82, 2.24) is 19.6 Å². The zero-order valence-electron chi connectivity index (χ0n) is 26.4. The fraction of sp³-hybridized carbons (Fsp3) is 0.385. The highest BCUT2D eigenvalue weighted by Gasteiger charge is 2.27. The molecule has 1 saturated heterocycles. The Morgan fingerprint density at radius 1 is 0.395 bits per heavy atom. The van der Waals surface area contributed by atoms with E-state index in [0.717, 1.165) is 58.9 Å². The Bertz CT molecular complexity index is 1310. The molecule has 4 heteroatoms. The fourth-order valence-electron chi connectivity index (χ4n) is 6.45. The van der Waals surface area contributed by atoms with Crippen molar-refractivity contribution in [2.24, 2.45) is 0 Å². The maximum atomic E-state index is 2.73. The third-order valence-corrected chi connectivity index (χ3v) is 9.03. The molecule has 1 aliphatic heterocycles. The van der Waals surface area contributed by atoms with Gasteiger partial charge in [-0.15, -0.1) is 0 Å². The zero-order chi connectivity index (χ0) is 29.9. The molecule has 4 nitrogen and oxygen atoms in total. The van der Waals surface area contributed by atoms with Gasteiger partial charge in [-0.2, -0.15) is 0 Å². The van der Waals surface area contributed by atoms with Crippen LogP contribution in [0.25, 0.3) is 0 Å². The summed E-state index contributed by atoms with van der Waals surface area (Å²) in [5.41, 5.74) is 5.56. The van der Waals surface area contributed by atoms with Gasteiger partial charge in [-0.1, -0.05) is 121 Å². The first-order valence-corrected chi connectivity index (χ1v) is 16.1. The van der Waals surface area contributed by atoms with Crippen molar-refractivity contribution in [1.29, 1.82) is 0 Å². The topological polar surface area (TPSA) is 13.0 Å². The summed E-state index contributed by atoms with van der Waals surface area (Å²) in [4.78, 5) is 10.9. The van der Waals surface area contributed by atoms with E-state index in [1.807, 2.05) is 0 Å². The van der Waals surface area contributed by atoms with Crippen molar-refractivity contribution >= 4 is 0 Å². The number of rotatable bonds is 8. The minimum absolute atomic E-state index is 0.411. The molecule has 1 fully saturated rings. The molecule has 4 aromatic carbocycles. The summed E-state index contributed by atoms with van der Waals surface area (Å²) in [7, 11) is 0. The molecule has 0 bridgehead atoms. The van der Waals surface area contributed by atoms with Crippen molar-refractivity contribution in [2.45, 2.75) is 65.1 Å². The molecule has 0 N–H and O–H groups in total. The van der Waals surface area contributed by atoms with E-state index in [9.17, 15) is 0 Å². The van der Waals surface area contributed by atoms with Crippen molar-refractivity contribution in [3.8, 4) is 0 Å². The van der Waals surface area contributed by atoms with E-state index in [-0.39, 0.29) is 0 Å². The second-order valence-electron chi connectivity index (χ2n) is 12.6. The zero-order valence-corrected chi connectivity index (χ0v) is 26.4. The van der Waals surface area contributed by atoms with Crippen LogP contribution in [0, 0.1) is 0 Å². The van der Waals surface area contributed by atoms with Gasteiger partial charge in [-0.3, -0.25) is 19.6 Å². The van der Waals surface area contributed by atoms with Crippen molar-refractivity contribution in [2.75, 3.05) is 32.7 Å². The van der Waals surface area contributed by atoms with Gasteiger partial charge < -0.3 is 0 Å². The molecule has 43 heavy (non-hydrogen) atoms. The van der Waals surface area contributed by atoms with Crippen LogP contribution >= 0.6 is 0 Å². The highest BCUT2D eigenvalue weighted by molar-refractivity contribution is 5.18. The van der Waals surface area contributed by atoms with Gasteiger partial charge in [0.2, 0.25) is 0 Å². The predicted octanol–water partition coefficient (Wildman–Crippen LogP) is 7.17. The average Bonchev–Trinajstić information content (AvgIpc) is 3.03. The summed E-state index contributed by atoms with van der Waals surface area (Å²) in [6, 6.07) is 45.3. The number of nitrogens with zero attached hydrogens (tertiary/aromatic N) is 4. The third-order valence-electron chi connectivity index (χ3n) is 9.03. The molecule has 0 aliphatic carbocycles. The van der Waals surface area contributed by atoms with Gasteiger partial charge in [-0.05, 0) is 43.0 Å². The molecule has 5 rings (SSSR count). The molecule has 1 heterocycles. The van der Waals surface area contributed by atoms with Crippen LogP contribution < -0.4 is 0 Å². The van der Waals surface area contributed by atoms with Gasteiger partial charge in [0.05, 0.1) is 0 Å². The molecule has 1 aliphatic rings. The van der Waals surface area contributed by atoms with Crippen LogP contribution in [-0.2, 0) is 26.2 Å². The smallest absolute Gasteiger partial charge is 0.0237 e. The van der Waals surface area contributed by atoms with Gasteiger partial charge in [0, 0.05) is 77.0 Å². The van der Waals surface area contributed by atoms with E-state index in [1.165, 1.54) is 22.3 Å². The molecular formula is C39H50N4. The maximum absolute atomic E-state index is 2.73. The van der Waals surface area contributed by atoms with E-state index in [4.69, 9.17) is 0 Å². The van der Waals surface area contributed by atoms with Crippen LogP contribution in [0.5, 0.6) is 0 Å². The molecule has 0 amide bonds. The summed E-state index contributed by atoms with van der Waals surface area (Å²) in [6.07, 6.45) is 0. The molecule has 0 unspecified atom stereocenters. The normalized spacial score (nSPS) is 22.1. The first-order valence-electron chi connectivity index (χ1n) is 16.1. The summed E-state index contributed by atoms with van der Waals surface area (Å²) >= 11 is 0. The average molecular weight is 575 g/mol. The summed E-state index contributed by atoms with van der Waals surface area (Å²) in [5, 5.41) is 0. The molecule has 0 saturated carbocycles. The minimum atomic E-state index is 0.411. The summed E-state index contributed by atoms with van der Waals surface area (Å²) in [5.74, 6) is 0. The Balaban J connectivity index is 1.44. The second-order valence-corrected chi connectivity index (χ2v) is 12.6. The maximum Gasteiger partial charge on any atom is 0.0237 e. The fourth-order valence-corrected chi connectivity index (χ4v) is 6.45. The largest absolute Gasteiger partial charge is 0.296 e. The molecule has 0 spiro atoms. The summed E-state index contributed by atoms with van der Waals surface area (Å²) < 4.78 is 0. The predicted molar refractivity (Wildman–Crippen MR) is 181 cm³/mol. The Morgan fingerprint density at radius 3 is 1.14 bits per heavy atom. The minimum Gasteiger partial charge on any atom is -0.296 e. The van der Waals surface area contributed by atoms with Crippen LogP contribution in [0.3, 0.4) is 0 Å². The molecule has 0 radical (unpaired) electrons. The van der Waals surface area contributed by atoms with Crippen molar-refractivity contribution in [3.63, 3.8) is 0 Å². The first-order chi connectivity index (χ1) is 21.0. The van der Waals surface area contributed by atoms with Gasteiger partial charge in [0.15, 0.2) is 0 Å². The highest BCUT2D eigenvalue weighted by atomic mass is 15.3. The van der Waals surface area contributed by atoms with Crippen LogP contribution in [0.1, 0.15) is 43.0 Å². The standard InChI is InChI=1S/C39H50N4/c1-33-26-40(29-36-16-8-4-9-17-36)24-25-41(30-37-18-10-5-11-19-37)34(2)27-43(32-39-22-14-7-15-23-39)35(3)28-42(33)31-38-20-12-6-13-21-38/h4-23,33-35H,24-32H2,1-3H3/t33-,34-,35-/m0/s1. The lowest BCUT2D eigenvalue weighted by atomic mass is 10.1. The van der Waals surface area contributed by atoms with E-state index in [0.29, 0.717) is 18.1 Å². The van der Waals surface area contributed by atoms with Gasteiger partial charge in [0.1, 0.15) is 0 Å². The number of hydrogen-bond donors (Lipinski definition) is 0. The van der Waals surface area contributed by atoms with Crippen molar-refractivity contribution in [3.05, 3.63) is 144 Å². The van der Waals surface area contributed by atoms with Gasteiger partial charge >= 0.3 is 0 Å². The van der Waals surface area contributed by atoms with E-state index in [2.05, 4.69) is 162 Å². The molecule has 4 aromatic rings. The van der Waals surface area contributed by atoms with Crippen LogP contribution in [0.4, 0.5) is 0 Å². The molecule has 226 valence electrons. The SMILES string of the molecule is C[C@H]1CN(Cc2ccccc2)[C@@H](C)CN(Cc2ccccc2)[C@@H](C)CN(Cc2ccccc2)CCN1Cc1ccccc1. The lowest BCUT2D eigenvalue weighted by Crippen LogP contribution is -2.53. The van der Waals surface area contributed by atoms with Gasteiger partial charge in [-0.25, -0.2) is 0 Å². The second kappa shape index (κ2) is 16.0. The number of benzene rings is 4. The third kappa shape index (κ3) is 9.61. The molecule has 0 aromatic heterocycles. The number of hydrogen-bond acceptors (Lipinski definition) is 4. The highest BCUT2D eigenvalue weighted by Crippen LogP contribution is 2.20. The molecule has 3 atom stereocenters. The Hall–Kier alpha value is -3.28. The van der Waals surface area contributed by atoms with E-state index >= 15 is 0 Å². The molecular weight excluding hydrogens is 524 g/mol. The lowest BCUT2D eigenvalue weighted by molar-refractivity contribution is 0.0500. The Kier molecular flexibility index (Phi) is 11.6. The van der Waals surface area contributed by atoms with Crippen LogP contribution in [0.15, 0.2) is 121 Å².